The fourth-order valence-electron chi connectivity index (χ4n) is 2.84. The minimum Gasteiger partial charge on any atom is -0.507 e. The third kappa shape index (κ3) is 4.42. The molecule has 0 amide bonds. The van der Waals surface area contributed by atoms with E-state index in [2.05, 4.69) is 31.2 Å². The van der Waals surface area contributed by atoms with Crippen LogP contribution in [0.3, 0.4) is 0 Å². The average molecular weight is 434 g/mol. The minimum absolute atomic E-state index is 0.0322. The fourth-order valence-corrected chi connectivity index (χ4v) is 3.24. The predicted molar refractivity (Wildman–Crippen MR) is 105 cm³/mol. The first-order valence-electron chi connectivity index (χ1n) is 8.35. The summed E-state index contributed by atoms with van der Waals surface area (Å²) in [5, 5.41) is 13.0. The van der Waals surface area contributed by atoms with Gasteiger partial charge in [-0.2, -0.15) is 0 Å². The molecule has 0 radical (unpaired) electrons. The Morgan fingerprint density at radius 2 is 1.63 bits per heavy atom. The number of aromatic hydroxyl groups is 1. The monoisotopic (exact) mass is 433 g/mol. The third-order valence-electron chi connectivity index (χ3n) is 4.24. The molecule has 0 spiro atoms. The molecule has 0 bridgehead atoms. The Kier molecular flexibility index (Phi) is 5.70. The molecule has 27 heavy (non-hydrogen) atoms. The Labute approximate surface area is 164 Å². The van der Waals surface area contributed by atoms with Crippen LogP contribution in [-0.4, -0.2) is 21.6 Å². The maximum Gasteiger partial charge on any atom is 0.130 e. The molecule has 3 rings (SSSR count). The predicted octanol–water partition coefficient (Wildman–Crippen LogP) is 5.16. The van der Waals surface area contributed by atoms with Gasteiger partial charge in [0.05, 0.1) is 5.69 Å². The van der Waals surface area contributed by atoms with E-state index in [-0.39, 0.29) is 17.7 Å². The van der Waals surface area contributed by atoms with Gasteiger partial charge >= 0.3 is 0 Å². The van der Waals surface area contributed by atoms with Crippen molar-refractivity contribution < 1.29 is 13.9 Å². The molecule has 0 saturated heterocycles. The summed E-state index contributed by atoms with van der Waals surface area (Å²) < 4.78 is 28.1. The van der Waals surface area contributed by atoms with Crippen molar-refractivity contribution in [3.05, 3.63) is 69.5 Å². The van der Waals surface area contributed by atoms with E-state index >= 15 is 0 Å². The van der Waals surface area contributed by atoms with Crippen LogP contribution in [0.15, 0.2) is 41.1 Å². The number of aryl methyl sites for hydroxylation is 2. The summed E-state index contributed by atoms with van der Waals surface area (Å²) in [5.41, 5.74) is 3.11. The van der Waals surface area contributed by atoms with Crippen LogP contribution < -0.4 is 5.32 Å². The molecule has 7 heteroatoms. The molecular weight excluding hydrogens is 416 g/mol. The Morgan fingerprint density at radius 3 is 2.26 bits per heavy atom. The number of nitrogens with zero attached hydrogens (tertiary/aromatic N) is 2. The van der Waals surface area contributed by atoms with Crippen molar-refractivity contribution in [3.63, 3.8) is 0 Å². The van der Waals surface area contributed by atoms with E-state index in [4.69, 9.17) is 0 Å². The van der Waals surface area contributed by atoms with E-state index in [1.54, 1.807) is 6.07 Å². The highest BCUT2D eigenvalue weighted by molar-refractivity contribution is 9.10. The van der Waals surface area contributed by atoms with E-state index in [9.17, 15) is 13.9 Å². The highest BCUT2D eigenvalue weighted by Crippen LogP contribution is 2.28. The highest BCUT2D eigenvalue weighted by atomic mass is 79.9. The number of aromatic nitrogens is 2. The summed E-state index contributed by atoms with van der Waals surface area (Å²) in [6.45, 7) is 3.97. The molecule has 2 N–H and O–H groups in total. The van der Waals surface area contributed by atoms with Crippen LogP contribution in [0.4, 0.5) is 14.6 Å². The van der Waals surface area contributed by atoms with Gasteiger partial charge < -0.3 is 10.4 Å². The van der Waals surface area contributed by atoms with Crippen LogP contribution in [0.2, 0.25) is 0 Å². The SMILES string of the molecule is Cc1cc(-c2cc(NCCc3c(F)cc(Br)cc3F)ncn2)cc(C)c1O. The van der Waals surface area contributed by atoms with Crippen LogP contribution in [0.1, 0.15) is 16.7 Å². The smallest absolute Gasteiger partial charge is 0.130 e. The zero-order valence-corrected chi connectivity index (χ0v) is 16.4. The molecule has 2 aromatic carbocycles. The summed E-state index contributed by atoms with van der Waals surface area (Å²) >= 11 is 3.07. The summed E-state index contributed by atoms with van der Waals surface area (Å²) in [6.07, 6.45) is 1.61. The van der Waals surface area contributed by atoms with Gasteiger partial charge in [-0.1, -0.05) is 15.9 Å². The zero-order chi connectivity index (χ0) is 19.6. The first-order chi connectivity index (χ1) is 12.8. The van der Waals surface area contributed by atoms with Gasteiger partial charge in [-0.25, -0.2) is 18.7 Å². The van der Waals surface area contributed by atoms with E-state index in [1.807, 2.05) is 26.0 Å². The van der Waals surface area contributed by atoms with Crippen molar-refractivity contribution in [2.45, 2.75) is 20.3 Å². The summed E-state index contributed by atoms with van der Waals surface area (Å²) in [6, 6.07) is 7.95. The topological polar surface area (TPSA) is 58.0 Å². The number of anilines is 1. The number of halogens is 3. The number of hydrogen-bond acceptors (Lipinski definition) is 4. The fraction of sp³-hybridized carbons (Fsp3) is 0.200. The maximum atomic E-state index is 13.9. The molecule has 0 aliphatic heterocycles. The second-order valence-corrected chi connectivity index (χ2v) is 7.19. The number of phenolic OH excluding ortho intramolecular Hbond substituents is 1. The van der Waals surface area contributed by atoms with E-state index in [0.29, 0.717) is 22.5 Å². The van der Waals surface area contributed by atoms with Crippen molar-refractivity contribution in [2.75, 3.05) is 11.9 Å². The van der Waals surface area contributed by atoms with Gasteiger partial charge in [0.2, 0.25) is 0 Å². The molecule has 140 valence electrons. The van der Waals surface area contributed by atoms with Gasteiger partial charge in [0.15, 0.2) is 0 Å². The number of rotatable bonds is 5. The summed E-state index contributed by atoms with van der Waals surface area (Å²) in [7, 11) is 0. The lowest BCUT2D eigenvalue weighted by Gasteiger charge is -2.10. The van der Waals surface area contributed by atoms with Gasteiger partial charge in [-0.15, -0.1) is 0 Å². The second kappa shape index (κ2) is 8.00. The first kappa shape index (κ1) is 19.2. The number of nitrogens with one attached hydrogen (secondary N) is 1. The van der Waals surface area contributed by atoms with Gasteiger partial charge in [0, 0.05) is 28.2 Å². The quantitative estimate of drug-likeness (QED) is 0.583. The molecule has 0 aliphatic carbocycles. The zero-order valence-electron chi connectivity index (χ0n) is 14.9. The third-order valence-corrected chi connectivity index (χ3v) is 4.70. The largest absolute Gasteiger partial charge is 0.507 e. The van der Waals surface area contributed by atoms with Gasteiger partial charge in [-0.05, 0) is 55.7 Å². The standard InChI is InChI=1S/C20H18BrF2N3O/c1-11-5-13(6-12(2)20(11)27)18-9-19(26-10-25-18)24-4-3-15-16(22)7-14(21)8-17(15)23/h5-10,27H,3-4H2,1-2H3,(H,24,25,26). The van der Waals surface area contributed by atoms with Crippen molar-refractivity contribution in [1.82, 2.24) is 9.97 Å². The normalized spacial score (nSPS) is 10.9. The number of benzene rings is 2. The summed E-state index contributed by atoms with van der Waals surface area (Å²) in [4.78, 5) is 8.42. The van der Waals surface area contributed by atoms with Crippen molar-refractivity contribution in [1.29, 1.82) is 0 Å². The molecule has 3 aromatic rings. The average Bonchev–Trinajstić information content (AvgIpc) is 2.61. The molecule has 0 atom stereocenters. The molecule has 0 unspecified atom stereocenters. The lowest BCUT2D eigenvalue weighted by Crippen LogP contribution is -2.09. The molecule has 0 saturated carbocycles. The van der Waals surface area contributed by atoms with E-state index in [0.717, 1.165) is 16.7 Å². The Morgan fingerprint density at radius 1 is 1.00 bits per heavy atom. The lowest BCUT2D eigenvalue weighted by atomic mass is 10.0. The van der Waals surface area contributed by atoms with Crippen LogP contribution in [0.5, 0.6) is 5.75 Å². The Balaban J connectivity index is 1.74. The Hall–Kier alpha value is -2.54. The first-order valence-corrected chi connectivity index (χ1v) is 9.14. The minimum atomic E-state index is -0.581. The van der Waals surface area contributed by atoms with Gasteiger partial charge in [-0.3, -0.25) is 0 Å². The molecular formula is C20H18BrF2N3O. The van der Waals surface area contributed by atoms with Crippen LogP contribution in [-0.2, 0) is 6.42 Å². The molecule has 0 aliphatic rings. The number of hydrogen-bond donors (Lipinski definition) is 2. The Bertz CT molecular complexity index is 949. The maximum absolute atomic E-state index is 13.9. The van der Waals surface area contributed by atoms with Crippen LogP contribution in [0.25, 0.3) is 11.3 Å². The molecule has 1 aromatic heterocycles. The molecule has 0 fully saturated rings. The summed E-state index contributed by atoms with van der Waals surface area (Å²) in [5.74, 6) is -0.338. The van der Waals surface area contributed by atoms with Gasteiger partial charge in [0.1, 0.15) is 29.5 Å². The lowest BCUT2D eigenvalue weighted by molar-refractivity contribution is 0.467. The van der Waals surface area contributed by atoms with Crippen molar-refractivity contribution in [3.8, 4) is 17.0 Å². The van der Waals surface area contributed by atoms with Crippen LogP contribution in [0, 0.1) is 25.5 Å². The van der Waals surface area contributed by atoms with E-state index < -0.39 is 11.6 Å². The highest BCUT2D eigenvalue weighted by Gasteiger charge is 2.11. The van der Waals surface area contributed by atoms with Gasteiger partial charge in [0.25, 0.3) is 0 Å². The molecule has 4 nitrogen and oxygen atoms in total. The van der Waals surface area contributed by atoms with Crippen LogP contribution >= 0.6 is 15.9 Å². The van der Waals surface area contributed by atoms with Crippen molar-refractivity contribution >= 4 is 21.7 Å². The molecule has 1 heterocycles. The second-order valence-electron chi connectivity index (χ2n) is 6.27. The van der Waals surface area contributed by atoms with Crippen molar-refractivity contribution in [2.24, 2.45) is 0 Å². The number of phenols is 1. The van der Waals surface area contributed by atoms with E-state index in [1.165, 1.54) is 18.5 Å².